The van der Waals surface area contributed by atoms with E-state index in [0.29, 0.717) is 5.92 Å². The largest absolute Gasteiger partial charge is 0.298 e. The molecule has 1 heterocycles. The Morgan fingerprint density at radius 2 is 2.45 bits per heavy atom. The summed E-state index contributed by atoms with van der Waals surface area (Å²) in [6.45, 7) is 4.29. The summed E-state index contributed by atoms with van der Waals surface area (Å²) in [7, 11) is 0. The summed E-state index contributed by atoms with van der Waals surface area (Å²) in [6, 6.07) is 1.89. The molecule has 0 aliphatic carbocycles. The molecule has 0 aromatic carbocycles. The van der Waals surface area contributed by atoms with Gasteiger partial charge < -0.3 is 0 Å². The molecule has 60 valence electrons. The summed E-state index contributed by atoms with van der Waals surface area (Å²) in [5, 5.41) is 1.98. The van der Waals surface area contributed by atoms with Crippen molar-refractivity contribution in [2.24, 2.45) is 0 Å². The Bertz CT molecular complexity index is 239. The normalized spacial score (nSPS) is 12.9. The first-order valence-electron chi connectivity index (χ1n) is 3.82. The second-order valence-corrected chi connectivity index (χ2v) is 3.62. The molecule has 0 spiro atoms. The lowest BCUT2D eigenvalue weighted by atomic mass is 10.0. The van der Waals surface area contributed by atoms with Crippen molar-refractivity contribution in [1.82, 2.24) is 0 Å². The van der Waals surface area contributed by atoms with Crippen molar-refractivity contribution in [1.29, 1.82) is 0 Å². The fraction of sp³-hybridized carbons (Fsp3) is 0.444. The molecule has 2 heteroatoms. The molecule has 0 aliphatic heterocycles. The van der Waals surface area contributed by atoms with Crippen molar-refractivity contribution >= 4 is 17.6 Å². The number of rotatable bonds is 3. The molecule has 0 saturated carbocycles. The predicted molar refractivity (Wildman–Crippen MR) is 48.4 cm³/mol. The topological polar surface area (TPSA) is 17.1 Å². The summed E-state index contributed by atoms with van der Waals surface area (Å²) in [5.41, 5.74) is 0.865. The molecule has 1 unspecified atom stereocenters. The molecule has 0 amide bonds. The van der Waals surface area contributed by atoms with E-state index in [0.717, 1.165) is 18.3 Å². The third-order valence-corrected chi connectivity index (χ3v) is 3.08. The maximum Gasteiger partial charge on any atom is 0.151 e. The fourth-order valence-corrected chi connectivity index (χ4v) is 2.03. The Balaban J connectivity index is 2.92. The number of aldehydes is 1. The van der Waals surface area contributed by atoms with Crippen molar-refractivity contribution in [2.45, 2.75) is 26.2 Å². The van der Waals surface area contributed by atoms with E-state index >= 15 is 0 Å². The minimum absolute atomic E-state index is 0.523. The van der Waals surface area contributed by atoms with E-state index < -0.39 is 0 Å². The molecule has 0 aliphatic rings. The molecule has 0 saturated heterocycles. The molecule has 11 heavy (non-hydrogen) atoms. The Labute approximate surface area is 71.1 Å². The van der Waals surface area contributed by atoms with Gasteiger partial charge in [0.15, 0.2) is 6.29 Å². The van der Waals surface area contributed by atoms with Gasteiger partial charge in [-0.15, -0.1) is 11.3 Å². The van der Waals surface area contributed by atoms with Gasteiger partial charge in [0.25, 0.3) is 0 Å². The lowest BCUT2D eigenvalue weighted by Crippen LogP contribution is -1.91. The van der Waals surface area contributed by atoms with Gasteiger partial charge in [0.05, 0.1) is 0 Å². The zero-order chi connectivity index (χ0) is 8.27. The van der Waals surface area contributed by atoms with Crippen LogP contribution in [0.2, 0.25) is 0 Å². The van der Waals surface area contributed by atoms with Gasteiger partial charge in [-0.1, -0.05) is 13.8 Å². The number of carbonyl (C=O) groups is 1. The van der Waals surface area contributed by atoms with Crippen LogP contribution in [0.15, 0.2) is 11.4 Å². The SMILES string of the molecule is CCC(C)c1sccc1C=O. The van der Waals surface area contributed by atoms with Gasteiger partial charge >= 0.3 is 0 Å². The first-order chi connectivity index (χ1) is 5.29. The van der Waals surface area contributed by atoms with Crippen LogP contribution in [0, 0.1) is 0 Å². The molecular formula is C9H12OS. The van der Waals surface area contributed by atoms with Crippen LogP contribution in [-0.4, -0.2) is 6.29 Å². The van der Waals surface area contributed by atoms with Gasteiger partial charge in [-0.3, -0.25) is 4.79 Å². The second kappa shape index (κ2) is 3.67. The highest BCUT2D eigenvalue weighted by Crippen LogP contribution is 2.26. The van der Waals surface area contributed by atoms with Gasteiger partial charge in [0.2, 0.25) is 0 Å². The molecule has 1 aromatic heterocycles. The van der Waals surface area contributed by atoms with Crippen LogP contribution in [0.3, 0.4) is 0 Å². The summed E-state index contributed by atoms with van der Waals surface area (Å²) in [6.07, 6.45) is 2.04. The third-order valence-electron chi connectivity index (χ3n) is 1.91. The standard InChI is InChI=1S/C9H12OS/c1-3-7(2)9-8(6-10)4-5-11-9/h4-7H,3H2,1-2H3. The predicted octanol–water partition coefficient (Wildman–Crippen LogP) is 3.07. The average Bonchev–Trinajstić information content (AvgIpc) is 2.50. The summed E-state index contributed by atoms with van der Waals surface area (Å²) in [5.74, 6) is 0.523. The molecule has 0 N–H and O–H groups in total. The third kappa shape index (κ3) is 1.69. The minimum Gasteiger partial charge on any atom is -0.298 e. The van der Waals surface area contributed by atoms with Crippen molar-refractivity contribution in [3.8, 4) is 0 Å². The van der Waals surface area contributed by atoms with Crippen LogP contribution in [0.4, 0.5) is 0 Å². The van der Waals surface area contributed by atoms with E-state index in [4.69, 9.17) is 0 Å². The monoisotopic (exact) mass is 168 g/mol. The smallest absolute Gasteiger partial charge is 0.151 e. The molecule has 1 nitrogen and oxygen atoms in total. The van der Waals surface area contributed by atoms with Gasteiger partial charge in [-0.2, -0.15) is 0 Å². The minimum atomic E-state index is 0.523. The van der Waals surface area contributed by atoms with Crippen LogP contribution in [0.1, 0.15) is 41.4 Å². The Hall–Kier alpha value is -0.630. The molecule has 1 atom stereocenters. The number of thiophene rings is 1. The van der Waals surface area contributed by atoms with Crippen LogP contribution in [-0.2, 0) is 0 Å². The summed E-state index contributed by atoms with van der Waals surface area (Å²) < 4.78 is 0. The quantitative estimate of drug-likeness (QED) is 0.634. The van der Waals surface area contributed by atoms with Crippen molar-refractivity contribution < 1.29 is 4.79 Å². The summed E-state index contributed by atoms with van der Waals surface area (Å²) in [4.78, 5) is 11.7. The Morgan fingerprint density at radius 1 is 1.73 bits per heavy atom. The number of carbonyl (C=O) groups excluding carboxylic acids is 1. The molecule has 1 rings (SSSR count). The van der Waals surface area contributed by atoms with E-state index in [1.54, 1.807) is 11.3 Å². The first-order valence-corrected chi connectivity index (χ1v) is 4.70. The molecule has 0 fully saturated rings. The highest BCUT2D eigenvalue weighted by molar-refractivity contribution is 7.10. The van der Waals surface area contributed by atoms with Gasteiger partial charge in [-0.05, 0) is 23.8 Å². The average molecular weight is 168 g/mol. The number of hydrogen-bond donors (Lipinski definition) is 0. The Morgan fingerprint density at radius 3 is 3.00 bits per heavy atom. The molecule has 1 aromatic rings. The first kappa shape index (κ1) is 8.47. The molecule has 0 radical (unpaired) electrons. The van der Waals surface area contributed by atoms with Gasteiger partial charge in [0, 0.05) is 10.4 Å². The maximum absolute atomic E-state index is 10.5. The molecular weight excluding hydrogens is 156 g/mol. The van der Waals surface area contributed by atoms with Crippen LogP contribution in [0.25, 0.3) is 0 Å². The highest BCUT2D eigenvalue weighted by atomic mass is 32.1. The van der Waals surface area contributed by atoms with Crippen LogP contribution in [0.5, 0.6) is 0 Å². The zero-order valence-corrected chi connectivity index (χ0v) is 7.65. The fourth-order valence-electron chi connectivity index (χ4n) is 1.01. The van der Waals surface area contributed by atoms with Crippen LogP contribution >= 0.6 is 11.3 Å². The van der Waals surface area contributed by atoms with Crippen molar-refractivity contribution in [2.75, 3.05) is 0 Å². The summed E-state index contributed by atoms with van der Waals surface area (Å²) >= 11 is 1.68. The maximum atomic E-state index is 10.5. The van der Waals surface area contributed by atoms with Crippen molar-refractivity contribution in [3.63, 3.8) is 0 Å². The lowest BCUT2D eigenvalue weighted by molar-refractivity contribution is 0.112. The van der Waals surface area contributed by atoms with Crippen LogP contribution < -0.4 is 0 Å². The van der Waals surface area contributed by atoms with E-state index in [-0.39, 0.29) is 0 Å². The zero-order valence-electron chi connectivity index (χ0n) is 6.83. The Kier molecular flexibility index (Phi) is 2.83. The van der Waals surface area contributed by atoms with Gasteiger partial charge in [0.1, 0.15) is 0 Å². The second-order valence-electron chi connectivity index (χ2n) is 2.67. The van der Waals surface area contributed by atoms with Crippen molar-refractivity contribution in [3.05, 3.63) is 21.9 Å². The van der Waals surface area contributed by atoms with E-state index in [1.165, 1.54) is 4.88 Å². The highest BCUT2D eigenvalue weighted by Gasteiger charge is 2.08. The lowest BCUT2D eigenvalue weighted by Gasteiger charge is -2.05. The van der Waals surface area contributed by atoms with E-state index in [2.05, 4.69) is 13.8 Å². The van der Waals surface area contributed by atoms with E-state index in [9.17, 15) is 4.79 Å². The van der Waals surface area contributed by atoms with Gasteiger partial charge in [-0.25, -0.2) is 0 Å². The number of hydrogen-bond acceptors (Lipinski definition) is 2. The van der Waals surface area contributed by atoms with E-state index in [1.807, 2.05) is 11.4 Å². The molecule has 0 bridgehead atoms.